The second kappa shape index (κ2) is 5.07. The molecule has 1 N–H and O–H groups in total. The van der Waals surface area contributed by atoms with Crippen LogP contribution in [0, 0.1) is 6.92 Å². The Morgan fingerprint density at radius 3 is 2.75 bits per heavy atom. The highest BCUT2D eigenvalue weighted by Gasteiger charge is 2.00. The van der Waals surface area contributed by atoms with Crippen LogP contribution in [0.3, 0.4) is 0 Å². The maximum atomic E-state index is 4.35. The Hall–Kier alpha value is -1.42. The number of pyridine rings is 1. The number of anilines is 1. The molecule has 0 radical (unpaired) electrons. The molecule has 0 saturated heterocycles. The Balaban J connectivity index is 1.94. The van der Waals surface area contributed by atoms with E-state index in [0.717, 1.165) is 23.8 Å². The molecule has 0 aromatic carbocycles. The van der Waals surface area contributed by atoms with Crippen LogP contribution in [0.1, 0.15) is 22.4 Å². The lowest BCUT2D eigenvalue weighted by Gasteiger charge is -2.02. The molecule has 0 aliphatic rings. The summed E-state index contributed by atoms with van der Waals surface area (Å²) in [6.45, 7) is 4.93. The van der Waals surface area contributed by atoms with Crippen molar-refractivity contribution in [2.24, 2.45) is 0 Å². The van der Waals surface area contributed by atoms with E-state index in [2.05, 4.69) is 28.3 Å². The second-order valence-electron chi connectivity index (χ2n) is 3.65. The van der Waals surface area contributed by atoms with Gasteiger partial charge in [0.25, 0.3) is 0 Å². The summed E-state index contributed by atoms with van der Waals surface area (Å²) in [5.41, 5.74) is 1.17. The Labute approximate surface area is 99.6 Å². The smallest absolute Gasteiger partial charge is 0.126 e. The van der Waals surface area contributed by atoms with Crippen molar-refractivity contribution < 1.29 is 0 Å². The van der Waals surface area contributed by atoms with Crippen molar-refractivity contribution in [1.29, 1.82) is 0 Å². The molecule has 3 nitrogen and oxygen atoms in total. The first-order valence-electron chi connectivity index (χ1n) is 5.38. The van der Waals surface area contributed by atoms with E-state index in [-0.39, 0.29) is 0 Å². The van der Waals surface area contributed by atoms with E-state index >= 15 is 0 Å². The van der Waals surface area contributed by atoms with E-state index < -0.39 is 0 Å². The minimum Gasteiger partial charge on any atom is -0.364 e. The number of nitrogens with zero attached hydrogens (tertiary/aromatic N) is 2. The summed E-state index contributed by atoms with van der Waals surface area (Å²) >= 11 is 1.75. The largest absolute Gasteiger partial charge is 0.364 e. The van der Waals surface area contributed by atoms with E-state index in [0.29, 0.717) is 0 Å². The van der Waals surface area contributed by atoms with Crippen molar-refractivity contribution in [3.8, 4) is 0 Å². The first-order chi connectivity index (χ1) is 7.78. The summed E-state index contributed by atoms with van der Waals surface area (Å²) in [5, 5.41) is 4.37. The van der Waals surface area contributed by atoms with Gasteiger partial charge in [-0.1, -0.05) is 13.0 Å². The molecule has 2 aromatic rings. The zero-order valence-corrected chi connectivity index (χ0v) is 10.3. The van der Waals surface area contributed by atoms with Crippen molar-refractivity contribution in [3.05, 3.63) is 40.0 Å². The third-order valence-electron chi connectivity index (χ3n) is 2.28. The van der Waals surface area contributed by atoms with Crippen molar-refractivity contribution in [1.82, 2.24) is 9.97 Å². The van der Waals surface area contributed by atoms with Crippen LogP contribution < -0.4 is 5.32 Å². The van der Waals surface area contributed by atoms with Crippen LogP contribution in [0.15, 0.2) is 24.5 Å². The lowest BCUT2D eigenvalue weighted by Crippen LogP contribution is -2.00. The molecule has 0 fully saturated rings. The quantitative estimate of drug-likeness (QED) is 0.882. The summed E-state index contributed by atoms with van der Waals surface area (Å²) < 4.78 is 0. The molecule has 0 bridgehead atoms. The van der Waals surface area contributed by atoms with Crippen molar-refractivity contribution >= 4 is 17.2 Å². The number of hydrogen-bond acceptors (Lipinski definition) is 4. The van der Waals surface area contributed by atoms with Crippen LogP contribution in [0.5, 0.6) is 0 Å². The number of thiazole rings is 1. The summed E-state index contributed by atoms with van der Waals surface area (Å²) in [6.07, 6.45) is 4.87. The Morgan fingerprint density at radius 1 is 1.25 bits per heavy atom. The number of hydrogen-bond donors (Lipinski definition) is 1. The molecule has 0 saturated carbocycles. The predicted molar refractivity (Wildman–Crippen MR) is 67.8 cm³/mol. The minimum absolute atomic E-state index is 0.751. The first kappa shape index (κ1) is 11.1. The molecule has 2 aromatic heterocycles. The summed E-state index contributed by atoms with van der Waals surface area (Å²) in [5.74, 6) is 0.902. The molecule has 4 heteroatoms. The van der Waals surface area contributed by atoms with Crippen LogP contribution in [0.4, 0.5) is 5.82 Å². The highest BCUT2D eigenvalue weighted by Crippen LogP contribution is 2.14. The molecule has 2 heterocycles. The van der Waals surface area contributed by atoms with Gasteiger partial charge in [0.05, 0.1) is 6.54 Å². The van der Waals surface area contributed by atoms with Crippen LogP contribution in [-0.2, 0) is 13.0 Å². The van der Waals surface area contributed by atoms with Gasteiger partial charge in [-0.05, 0) is 25.0 Å². The average Bonchev–Trinajstić information content (AvgIpc) is 2.76. The van der Waals surface area contributed by atoms with Crippen molar-refractivity contribution in [2.45, 2.75) is 26.8 Å². The molecule has 0 unspecified atom stereocenters. The Bertz CT molecular complexity index is 448. The van der Waals surface area contributed by atoms with Gasteiger partial charge in [-0.15, -0.1) is 11.3 Å². The molecule has 0 aliphatic heterocycles. The normalized spacial score (nSPS) is 10.4. The minimum atomic E-state index is 0.751. The van der Waals surface area contributed by atoms with Crippen molar-refractivity contribution in [2.75, 3.05) is 5.32 Å². The Morgan fingerprint density at radius 2 is 2.12 bits per heavy atom. The van der Waals surface area contributed by atoms with Crippen LogP contribution in [0.25, 0.3) is 0 Å². The number of rotatable bonds is 4. The topological polar surface area (TPSA) is 37.8 Å². The first-order valence-corrected chi connectivity index (χ1v) is 6.19. The lowest BCUT2D eigenvalue weighted by molar-refractivity contribution is 1.07. The van der Waals surface area contributed by atoms with Gasteiger partial charge >= 0.3 is 0 Å². The average molecular weight is 233 g/mol. The van der Waals surface area contributed by atoms with Crippen LogP contribution in [-0.4, -0.2) is 9.97 Å². The van der Waals surface area contributed by atoms with Gasteiger partial charge in [0.1, 0.15) is 10.8 Å². The van der Waals surface area contributed by atoms with Gasteiger partial charge in [-0.3, -0.25) is 0 Å². The maximum absolute atomic E-state index is 4.35. The molecule has 0 atom stereocenters. The molecule has 2 rings (SSSR count). The van der Waals surface area contributed by atoms with E-state index in [1.807, 2.05) is 25.4 Å². The standard InChI is InChI=1S/C12H15N3S/c1-3-10-7-15-12(16-10)8-14-11-5-4-9(2)6-13-11/h4-7H,3,8H2,1-2H3,(H,13,14). The molecular weight excluding hydrogens is 218 g/mol. The zero-order valence-electron chi connectivity index (χ0n) is 9.53. The maximum Gasteiger partial charge on any atom is 0.126 e. The van der Waals surface area contributed by atoms with Crippen molar-refractivity contribution in [3.63, 3.8) is 0 Å². The third kappa shape index (κ3) is 2.79. The molecule has 0 amide bonds. The highest BCUT2D eigenvalue weighted by molar-refractivity contribution is 7.11. The van der Waals surface area contributed by atoms with E-state index in [4.69, 9.17) is 0 Å². The van der Waals surface area contributed by atoms with Crippen LogP contribution in [0.2, 0.25) is 0 Å². The monoisotopic (exact) mass is 233 g/mol. The number of aryl methyl sites for hydroxylation is 2. The van der Waals surface area contributed by atoms with E-state index in [1.165, 1.54) is 10.4 Å². The van der Waals surface area contributed by atoms with E-state index in [9.17, 15) is 0 Å². The number of nitrogens with one attached hydrogen (secondary N) is 1. The molecule has 16 heavy (non-hydrogen) atoms. The van der Waals surface area contributed by atoms with Crippen LogP contribution >= 0.6 is 11.3 Å². The van der Waals surface area contributed by atoms with Gasteiger partial charge in [0.15, 0.2) is 0 Å². The number of aromatic nitrogens is 2. The van der Waals surface area contributed by atoms with E-state index in [1.54, 1.807) is 11.3 Å². The summed E-state index contributed by atoms with van der Waals surface area (Å²) in [6, 6.07) is 4.04. The van der Waals surface area contributed by atoms with Gasteiger partial charge in [0, 0.05) is 17.3 Å². The third-order valence-corrected chi connectivity index (χ3v) is 3.42. The predicted octanol–water partition coefficient (Wildman–Crippen LogP) is 3.02. The zero-order chi connectivity index (χ0) is 11.4. The fourth-order valence-corrected chi connectivity index (χ4v) is 2.13. The summed E-state index contributed by atoms with van der Waals surface area (Å²) in [7, 11) is 0. The molecule has 0 spiro atoms. The molecular formula is C12H15N3S. The molecule has 84 valence electrons. The summed E-state index contributed by atoms with van der Waals surface area (Å²) in [4.78, 5) is 9.96. The molecule has 0 aliphatic carbocycles. The van der Waals surface area contributed by atoms with Gasteiger partial charge in [-0.2, -0.15) is 0 Å². The van der Waals surface area contributed by atoms with Gasteiger partial charge in [-0.25, -0.2) is 9.97 Å². The van der Waals surface area contributed by atoms with Gasteiger partial charge < -0.3 is 5.32 Å². The SMILES string of the molecule is CCc1cnc(CNc2ccc(C)cn2)s1. The second-order valence-corrected chi connectivity index (χ2v) is 4.85. The van der Waals surface area contributed by atoms with Gasteiger partial charge in [0.2, 0.25) is 0 Å². The lowest BCUT2D eigenvalue weighted by atomic mass is 10.3. The fourth-order valence-electron chi connectivity index (χ4n) is 1.33. The fraction of sp³-hybridized carbons (Fsp3) is 0.333. The Kier molecular flexibility index (Phi) is 3.51. The highest BCUT2D eigenvalue weighted by atomic mass is 32.1.